The first-order valence-corrected chi connectivity index (χ1v) is 42.2. The lowest BCUT2D eigenvalue weighted by Crippen LogP contribution is -2.39. The molecule has 8 atom stereocenters. The molecule has 4 unspecified atom stereocenters. The van der Waals surface area contributed by atoms with E-state index in [1.165, 1.54) is 4.90 Å². The van der Waals surface area contributed by atoms with Gasteiger partial charge in [-0.3, -0.25) is 57.5 Å². The molecule has 4 aliphatic heterocycles. The molecular weight excluding hydrogens is 1600 g/mol. The Kier molecular flexibility index (Phi) is 41.1. The summed E-state index contributed by atoms with van der Waals surface area (Å²) in [6, 6.07) is 51.1. The third kappa shape index (κ3) is 37.6. The highest BCUT2D eigenvalue weighted by Gasteiger charge is 2.33. The lowest BCUT2D eigenvalue weighted by Gasteiger charge is -2.28. The Hall–Kier alpha value is -11.5. The number of nitrogens with one attached hydrogen (secondary N) is 4. The average molecular weight is 1710 g/mol. The standard InChI is InChI=1S/C26H29ClN2O4.C25H27ClN2O4.C23H31NO5.C22H29NO5/c1-29-18-23(20-8-4-2-5-9-20)33-25(31)11-7-3-6-10-21(26(29)32)16-24(30)28-17-19-12-14-22(27)15-13-19;26-21-13-11-18(12-14-21)16-27-24(30)15-20-9-5-2-6-10-23(29)28-22(17-32-25(20)31)19-7-3-1-4-8-19;1-23(2,3)29-21(26)15-18-13-9-6-10-14-20(25)28-19(16-24(4)22(18)27)17-11-7-5-8-12-17;1-22(2,3)28-20(25)14-17-12-8-5-9-13-19(24)23-18(15-27-21(17)26)16-10-6-4-7-11-16/h2-6,8-9,12-15,21,23H,7,10-11,16-18H2,1H3,(H,28,30);1-5,7-8,11-14,20,22H,6,9-10,15-17H2,(H,27,30)(H,28,29);5-9,11-12,18-19H,10,13-16H2,1-4H3;4-8,10-11,17-18H,9,12-15H2,1-3H3,(H,23,24)/b6-3+;5-2+;9-6+;8-5+/t21-,23?;20-,22?;18-,19?;17-,18?/m0000/s1. The Labute approximate surface area is 726 Å². The Morgan fingerprint density at radius 3 is 1.06 bits per heavy atom. The first-order valence-electron chi connectivity index (χ1n) is 41.4. The van der Waals surface area contributed by atoms with Crippen LogP contribution in [0.4, 0.5) is 0 Å². The lowest BCUT2D eigenvalue weighted by atomic mass is 9.97. The van der Waals surface area contributed by atoms with Gasteiger partial charge >= 0.3 is 35.8 Å². The molecule has 652 valence electrons. The Balaban J connectivity index is 0.000000224. The van der Waals surface area contributed by atoms with E-state index in [2.05, 4.69) is 21.3 Å². The van der Waals surface area contributed by atoms with Gasteiger partial charge in [0, 0.05) is 75.8 Å². The predicted octanol–water partition coefficient (Wildman–Crippen LogP) is 15.8. The van der Waals surface area contributed by atoms with Gasteiger partial charge in [-0.2, -0.15) is 0 Å². The molecule has 0 bridgehead atoms. The fraction of sp³-hybridized carbons (Fsp3) is 0.417. The van der Waals surface area contributed by atoms with Gasteiger partial charge in [0.05, 0.1) is 61.7 Å². The summed E-state index contributed by atoms with van der Waals surface area (Å²) >= 11 is 11.8. The Bertz CT molecular complexity index is 4500. The van der Waals surface area contributed by atoms with Crippen molar-refractivity contribution in [1.29, 1.82) is 0 Å². The molecule has 122 heavy (non-hydrogen) atoms. The summed E-state index contributed by atoms with van der Waals surface area (Å²) in [5.41, 5.74) is 4.03. The summed E-state index contributed by atoms with van der Waals surface area (Å²) in [6.45, 7) is 12.0. The molecule has 0 spiro atoms. The highest BCUT2D eigenvalue weighted by molar-refractivity contribution is 6.30. The first kappa shape index (κ1) is 97.6. The third-order valence-electron chi connectivity index (χ3n) is 19.5. The van der Waals surface area contributed by atoms with Gasteiger partial charge in [0.15, 0.2) is 0 Å². The van der Waals surface area contributed by atoms with E-state index < -0.39 is 83.0 Å². The fourth-order valence-electron chi connectivity index (χ4n) is 13.2. The van der Waals surface area contributed by atoms with Crippen LogP contribution < -0.4 is 21.3 Å². The van der Waals surface area contributed by atoms with Gasteiger partial charge in [0.25, 0.3) is 0 Å². The van der Waals surface area contributed by atoms with Crippen molar-refractivity contribution in [2.24, 2.45) is 23.7 Å². The second-order valence-electron chi connectivity index (χ2n) is 32.1. The van der Waals surface area contributed by atoms with Crippen molar-refractivity contribution >= 4 is 94.5 Å². The molecule has 0 aromatic heterocycles. The molecule has 4 aliphatic rings. The van der Waals surface area contributed by atoms with E-state index in [1.807, 2.05) is 194 Å². The zero-order valence-corrected chi connectivity index (χ0v) is 72.5. The maximum Gasteiger partial charge on any atom is 0.309 e. The molecular formula is C96H116Cl2N6O18. The number of ether oxygens (including phenoxy) is 6. The normalized spacial score (nSPS) is 21.8. The number of esters is 6. The summed E-state index contributed by atoms with van der Waals surface area (Å²) in [5.74, 6) is -5.49. The molecule has 6 amide bonds. The minimum Gasteiger partial charge on any atom is -0.463 e. The number of allylic oxidation sites excluding steroid dienone is 8. The summed E-state index contributed by atoms with van der Waals surface area (Å²) in [7, 11) is 3.35. The largest absolute Gasteiger partial charge is 0.463 e. The number of halogens is 2. The Morgan fingerprint density at radius 1 is 0.402 bits per heavy atom. The molecule has 6 aromatic carbocycles. The molecule has 6 aromatic rings. The molecule has 4 heterocycles. The lowest BCUT2D eigenvalue weighted by molar-refractivity contribution is -0.161. The van der Waals surface area contributed by atoms with Crippen molar-refractivity contribution in [3.63, 3.8) is 0 Å². The topological polar surface area (TPSA) is 315 Å². The monoisotopic (exact) mass is 1710 g/mol. The number of likely N-dealkylation sites (N-methyl/N-ethyl adjacent to an activating group) is 2. The molecule has 0 fully saturated rings. The van der Waals surface area contributed by atoms with E-state index in [1.54, 1.807) is 84.8 Å². The van der Waals surface area contributed by atoms with Crippen molar-refractivity contribution in [3.8, 4) is 0 Å². The summed E-state index contributed by atoms with van der Waals surface area (Å²) < 4.78 is 33.1. The molecule has 0 saturated carbocycles. The van der Waals surface area contributed by atoms with Crippen LogP contribution in [0, 0.1) is 23.7 Å². The van der Waals surface area contributed by atoms with Crippen LogP contribution in [0.5, 0.6) is 0 Å². The van der Waals surface area contributed by atoms with E-state index in [-0.39, 0.29) is 112 Å². The molecule has 24 nitrogen and oxygen atoms in total. The van der Waals surface area contributed by atoms with Crippen LogP contribution in [0.15, 0.2) is 218 Å². The summed E-state index contributed by atoms with van der Waals surface area (Å²) in [4.78, 5) is 153. The predicted molar refractivity (Wildman–Crippen MR) is 465 cm³/mol. The van der Waals surface area contributed by atoms with Gasteiger partial charge in [0.2, 0.25) is 35.4 Å². The number of carbonyl (C=O) groups is 12. The highest BCUT2D eigenvalue weighted by Crippen LogP contribution is 2.29. The summed E-state index contributed by atoms with van der Waals surface area (Å²) in [6.07, 6.45) is 18.8. The maximum atomic E-state index is 13.2. The van der Waals surface area contributed by atoms with Crippen LogP contribution in [0.25, 0.3) is 0 Å². The van der Waals surface area contributed by atoms with Crippen molar-refractivity contribution in [3.05, 3.63) is 262 Å². The van der Waals surface area contributed by atoms with Gasteiger partial charge in [-0.1, -0.05) is 217 Å². The fourth-order valence-corrected chi connectivity index (χ4v) is 13.4. The molecule has 0 aliphatic carbocycles. The number of amides is 6. The van der Waals surface area contributed by atoms with Crippen LogP contribution in [-0.4, -0.2) is 133 Å². The smallest absolute Gasteiger partial charge is 0.309 e. The van der Waals surface area contributed by atoms with Crippen molar-refractivity contribution in [1.82, 2.24) is 31.1 Å². The second-order valence-corrected chi connectivity index (χ2v) is 33.0. The number of hydrogen-bond acceptors (Lipinski definition) is 18. The molecule has 0 saturated heterocycles. The maximum absolute atomic E-state index is 13.2. The van der Waals surface area contributed by atoms with Crippen LogP contribution in [0.1, 0.15) is 202 Å². The SMILES string of the molecule is CC(C)(C)OC(=O)C[C@@H]1C/C=C/CCC(=O)NC(c2ccccc2)COC1=O.CN1CC(c2ccccc2)OC(=O)CC/C=C/C[C@@H](CC(=O)NCc2ccc(Cl)cc2)C1=O.CN1CC(c2ccccc2)OC(=O)CC/C=C/C[C@@H](CC(=O)OC(C)(C)C)C1=O.O=C(C[C@@H]1C/C=C/CCC(=O)NC(c2ccccc2)COC1=O)NCc1ccc(Cl)cc1. The minimum atomic E-state index is -0.613. The number of benzene rings is 6. The van der Waals surface area contributed by atoms with Crippen LogP contribution in [0.2, 0.25) is 10.0 Å². The van der Waals surface area contributed by atoms with Crippen molar-refractivity contribution < 1.29 is 86.0 Å². The molecule has 26 heteroatoms. The zero-order valence-electron chi connectivity index (χ0n) is 71.0. The first-order chi connectivity index (χ1) is 58.3. The van der Waals surface area contributed by atoms with Crippen LogP contribution >= 0.6 is 23.2 Å². The number of rotatable bonds is 16. The van der Waals surface area contributed by atoms with E-state index >= 15 is 0 Å². The number of carbonyl (C=O) groups excluding carboxylic acids is 12. The number of cyclic esters (lactones) is 4. The van der Waals surface area contributed by atoms with Gasteiger partial charge in [-0.05, 0) is 151 Å². The van der Waals surface area contributed by atoms with Crippen LogP contribution in [-0.2, 0) is 99.0 Å². The minimum absolute atomic E-state index is 0.0145. The summed E-state index contributed by atoms with van der Waals surface area (Å²) in [5, 5.41) is 12.8. The molecule has 4 N–H and O–H groups in total. The van der Waals surface area contributed by atoms with Gasteiger partial charge in [-0.25, -0.2) is 0 Å². The van der Waals surface area contributed by atoms with E-state index in [0.717, 1.165) is 33.4 Å². The zero-order chi connectivity index (χ0) is 88.4. The average Bonchev–Trinajstić information content (AvgIpc) is 0.854. The second kappa shape index (κ2) is 51.3. The number of nitrogens with zero attached hydrogens (tertiary/aromatic N) is 2. The molecule has 10 rings (SSSR count). The van der Waals surface area contributed by atoms with Gasteiger partial charge in [0.1, 0.15) is 36.6 Å². The third-order valence-corrected chi connectivity index (χ3v) is 20.0. The van der Waals surface area contributed by atoms with Crippen LogP contribution in [0.3, 0.4) is 0 Å². The van der Waals surface area contributed by atoms with E-state index in [4.69, 9.17) is 51.6 Å². The molecule has 0 radical (unpaired) electrons. The Morgan fingerprint density at radius 2 is 0.705 bits per heavy atom. The van der Waals surface area contributed by atoms with Crippen molar-refractivity contribution in [2.75, 3.05) is 40.4 Å². The number of hydrogen-bond donors (Lipinski definition) is 4. The van der Waals surface area contributed by atoms with Gasteiger partial charge < -0.3 is 59.5 Å². The van der Waals surface area contributed by atoms with E-state index in [0.29, 0.717) is 87.3 Å². The van der Waals surface area contributed by atoms with E-state index in [9.17, 15) is 57.5 Å². The van der Waals surface area contributed by atoms with Crippen molar-refractivity contribution in [2.45, 2.75) is 193 Å². The van der Waals surface area contributed by atoms with Gasteiger partial charge in [-0.15, -0.1) is 0 Å². The highest BCUT2D eigenvalue weighted by atomic mass is 35.5. The quantitative estimate of drug-likeness (QED) is 0.0397.